The van der Waals surface area contributed by atoms with Crippen LogP contribution in [0, 0.1) is 5.92 Å². The fourth-order valence-electron chi connectivity index (χ4n) is 1.94. The number of carbonyl (C=O) groups excluding carboxylic acids is 1. The summed E-state index contributed by atoms with van der Waals surface area (Å²) in [5, 5.41) is 19.8. The minimum absolute atomic E-state index is 0.118. The first-order valence-corrected chi connectivity index (χ1v) is 7.60. The van der Waals surface area contributed by atoms with Crippen LogP contribution in [-0.2, 0) is 0 Å². The second-order valence-electron chi connectivity index (χ2n) is 5.30. The number of halogens is 2. The van der Waals surface area contributed by atoms with Crippen LogP contribution in [0.4, 0.5) is 0 Å². The van der Waals surface area contributed by atoms with Gasteiger partial charge >= 0.3 is 0 Å². The Morgan fingerprint density at radius 2 is 2.09 bits per heavy atom. The number of aromatic amines is 1. The molecule has 0 aliphatic carbocycles. The number of H-pyrrole nitrogens is 1. The van der Waals surface area contributed by atoms with E-state index in [1.807, 2.05) is 13.8 Å². The lowest BCUT2D eigenvalue weighted by Gasteiger charge is -2.19. The molecule has 2 aromatic rings. The van der Waals surface area contributed by atoms with E-state index in [0.717, 1.165) is 0 Å². The number of aliphatic hydroxyl groups excluding tert-OH is 1. The lowest BCUT2D eigenvalue weighted by Crippen LogP contribution is -2.41. The molecule has 0 aliphatic heterocycles. The van der Waals surface area contributed by atoms with Gasteiger partial charge in [0.2, 0.25) is 0 Å². The minimum Gasteiger partial charge on any atom is -0.394 e. The predicted octanol–water partition coefficient (Wildman–Crippen LogP) is 3.13. The first-order valence-electron chi connectivity index (χ1n) is 6.85. The molecule has 0 radical (unpaired) electrons. The van der Waals surface area contributed by atoms with E-state index in [1.54, 1.807) is 24.3 Å². The summed E-state index contributed by atoms with van der Waals surface area (Å²) in [5.74, 6) is -0.196. The molecule has 1 aromatic carbocycles. The van der Waals surface area contributed by atoms with Gasteiger partial charge in [0.25, 0.3) is 5.91 Å². The average molecular weight is 342 g/mol. The van der Waals surface area contributed by atoms with Crippen LogP contribution in [0.25, 0.3) is 11.3 Å². The molecule has 3 N–H and O–H groups in total. The Kier molecular flexibility index (Phi) is 5.45. The van der Waals surface area contributed by atoms with E-state index < -0.39 is 0 Å². The fraction of sp³-hybridized carbons (Fsp3) is 0.333. The first kappa shape index (κ1) is 16.8. The predicted molar refractivity (Wildman–Crippen MR) is 87.2 cm³/mol. The van der Waals surface area contributed by atoms with Crippen LogP contribution in [0.15, 0.2) is 24.3 Å². The minimum atomic E-state index is -0.323. The topological polar surface area (TPSA) is 78.0 Å². The Labute approximate surface area is 138 Å². The largest absolute Gasteiger partial charge is 0.394 e. The molecular weight excluding hydrogens is 325 g/mol. The molecule has 118 valence electrons. The van der Waals surface area contributed by atoms with E-state index in [2.05, 4.69) is 15.5 Å². The van der Waals surface area contributed by atoms with E-state index in [0.29, 0.717) is 27.0 Å². The van der Waals surface area contributed by atoms with Crippen molar-refractivity contribution in [1.29, 1.82) is 0 Å². The SMILES string of the molecule is CC(C)[C@@H](CO)NC(=O)c1cc(-c2ccc(Cl)cc2Cl)n[nH]1. The zero-order valence-electron chi connectivity index (χ0n) is 12.2. The van der Waals surface area contributed by atoms with Gasteiger partial charge in [-0.25, -0.2) is 0 Å². The van der Waals surface area contributed by atoms with E-state index in [4.69, 9.17) is 23.2 Å². The molecule has 1 heterocycles. The zero-order valence-corrected chi connectivity index (χ0v) is 13.7. The van der Waals surface area contributed by atoms with Crippen LogP contribution in [-0.4, -0.2) is 33.9 Å². The molecule has 1 atom stereocenters. The van der Waals surface area contributed by atoms with Crippen LogP contribution < -0.4 is 5.32 Å². The van der Waals surface area contributed by atoms with Crippen molar-refractivity contribution in [3.63, 3.8) is 0 Å². The van der Waals surface area contributed by atoms with Gasteiger partial charge < -0.3 is 10.4 Å². The van der Waals surface area contributed by atoms with Gasteiger partial charge in [0.1, 0.15) is 5.69 Å². The lowest BCUT2D eigenvalue weighted by molar-refractivity contribution is 0.0892. The maximum atomic E-state index is 12.2. The van der Waals surface area contributed by atoms with Crippen molar-refractivity contribution in [3.8, 4) is 11.3 Å². The summed E-state index contributed by atoms with van der Waals surface area (Å²) < 4.78 is 0. The number of aromatic nitrogens is 2. The number of hydrogen-bond acceptors (Lipinski definition) is 3. The van der Waals surface area contributed by atoms with Gasteiger partial charge in [-0.2, -0.15) is 5.10 Å². The number of amides is 1. The fourth-order valence-corrected chi connectivity index (χ4v) is 2.45. The number of nitrogens with zero attached hydrogens (tertiary/aromatic N) is 1. The van der Waals surface area contributed by atoms with E-state index >= 15 is 0 Å². The molecule has 0 spiro atoms. The summed E-state index contributed by atoms with van der Waals surface area (Å²) in [6.45, 7) is 3.73. The molecular formula is C15H17Cl2N3O2. The van der Waals surface area contributed by atoms with Gasteiger partial charge in [0.15, 0.2) is 0 Å². The van der Waals surface area contributed by atoms with Gasteiger partial charge in [-0.15, -0.1) is 0 Å². The van der Waals surface area contributed by atoms with Gasteiger partial charge in [0.05, 0.1) is 23.4 Å². The quantitative estimate of drug-likeness (QED) is 0.781. The van der Waals surface area contributed by atoms with E-state index in [-0.39, 0.29) is 24.5 Å². The molecule has 0 saturated carbocycles. The van der Waals surface area contributed by atoms with Crippen LogP contribution in [0.1, 0.15) is 24.3 Å². The Morgan fingerprint density at radius 1 is 1.36 bits per heavy atom. The van der Waals surface area contributed by atoms with Gasteiger partial charge in [-0.3, -0.25) is 9.89 Å². The third-order valence-corrected chi connectivity index (χ3v) is 3.90. The molecule has 0 unspecified atom stereocenters. The van der Waals surface area contributed by atoms with E-state index in [1.165, 1.54) is 0 Å². The summed E-state index contributed by atoms with van der Waals surface area (Å²) in [6.07, 6.45) is 0. The van der Waals surface area contributed by atoms with Crippen LogP contribution in [0.5, 0.6) is 0 Å². The number of rotatable bonds is 5. The summed E-state index contributed by atoms with van der Waals surface area (Å²) in [4.78, 5) is 12.2. The number of aliphatic hydroxyl groups is 1. The van der Waals surface area contributed by atoms with Gasteiger partial charge in [0, 0.05) is 10.6 Å². The van der Waals surface area contributed by atoms with Gasteiger partial charge in [-0.1, -0.05) is 37.0 Å². The number of carbonyl (C=O) groups is 1. The summed E-state index contributed by atoms with van der Waals surface area (Å²) >= 11 is 12.0. The summed E-state index contributed by atoms with van der Waals surface area (Å²) in [7, 11) is 0. The van der Waals surface area contributed by atoms with Crippen molar-refractivity contribution in [1.82, 2.24) is 15.5 Å². The highest BCUT2D eigenvalue weighted by Gasteiger charge is 2.18. The third kappa shape index (κ3) is 3.80. The normalized spacial score (nSPS) is 12.5. The van der Waals surface area contributed by atoms with Crippen molar-refractivity contribution in [2.75, 3.05) is 6.61 Å². The molecule has 0 bridgehead atoms. The lowest BCUT2D eigenvalue weighted by atomic mass is 10.1. The second-order valence-corrected chi connectivity index (χ2v) is 6.14. The second kappa shape index (κ2) is 7.13. The van der Waals surface area contributed by atoms with Crippen LogP contribution in [0.2, 0.25) is 10.0 Å². The Morgan fingerprint density at radius 3 is 2.68 bits per heavy atom. The molecule has 1 amide bonds. The first-order chi connectivity index (χ1) is 10.4. The maximum Gasteiger partial charge on any atom is 0.269 e. The molecule has 5 nitrogen and oxygen atoms in total. The highest BCUT2D eigenvalue weighted by Crippen LogP contribution is 2.29. The number of hydrogen-bond donors (Lipinski definition) is 3. The van der Waals surface area contributed by atoms with Crippen molar-refractivity contribution in [3.05, 3.63) is 40.0 Å². The van der Waals surface area contributed by atoms with Crippen molar-refractivity contribution in [2.45, 2.75) is 19.9 Å². The monoisotopic (exact) mass is 341 g/mol. The molecule has 7 heteroatoms. The molecule has 0 saturated heterocycles. The van der Waals surface area contributed by atoms with E-state index in [9.17, 15) is 9.90 Å². The molecule has 22 heavy (non-hydrogen) atoms. The molecule has 0 fully saturated rings. The Balaban J connectivity index is 2.19. The summed E-state index contributed by atoms with van der Waals surface area (Å²) in [5.41, 5.74) is 1.54. The maximum absolute atomic E-state index is 12.2. The molecule has 0 aliphatic rings. The standard InChI is InChI=1S/C15H17Cl2N3O2/c1-8(2)14(7-21)18-15(22)13-6-12(19-20-13)10-4-3-9(16)5-11(10)17/h3-6,8,14,21H,7H2,1-2H3,(H,18,22)(H,19,20)/t14-/m1/s1. The van der Waals surface area contributed by atoms with Crippen LogP contribution >= 0.6 is 23.2 Å². The smallest absolute Gasteiger partial charge is 0.269 e. The summed E-state index contributed by atoms with van der Waals surface area (Å²) in [6, 6.07) is 6.37. The molecule has 2 rings (SSSR count). The number of benzene rings is 1. The van der Waals surface area contributed by atoms with Crippen molar-refractivity contribution < 1.29 is 9.90 Å². The zero-order chi connectivity index (χ0) is 16.3. The third-order valence-electron chi connectivity index (χ3n) is 3.35. The van der Waals surface area contributed by atoms with Crippen LogP contribution in [0.3, 0.4) is 0 Å². The molecule has 1 aromatic heterocycles. The van der Waals surface area contributed by atoms with Crippen molar-refractivity contribution in [2.24, 2.45) is 5.92 Å². The highest BCUT2D eigenvalue weighted by molar-refractivity contribution is 6.36. The highest BCUT2D eigenvalue weighted by atomic mass is 35.5. The Hall–Kier alpha value is -1.56. The van der Waals surface area contributed by atoms with Gasteiger partial charge in [-0.05, 0) is 30.2 Å². The Bertz CT molecular complexity index is 671. The average Bonchev–Trinajstić information content (AvgIpc) is 2.93. The van der Waals surface area contributed by atoms with Crippen molar-refractivity contribution >= 4 is 29.1 Å². The number of nitrogens with one attached hydrogen (secondary N) is 2.